The third-order valence-corrected chi connectivity index (χ3v) is 4.49. The molecule has 0 aliphatic carbocycles. The van der Waals surface area contributed by atoms with Gasteiger partial charge >= 0.3 is 6.18 Å². The SMILES string of the molecule is CC(N)C(C)C(=O)N1CCN(C(=O)c2cccc(C(F)(F)F)c2)CC1.Cl. The molecule has 26 heavy (non-hydrogen) atoms. The van der Waals surface area contributed by atoms with E-state index in [1.165, 1.54) is 17.0 Å². The van der Waals surface area contributed by atoms with Crippen molar-refractivity contribution in [2.75, 3.05) is 26.2 Å². The number of carbonyl (C=O) groups excluding carboxylic acids is 2. The van der Waals surface area contributed by atoms with E-state index in [1.807, 2.05) is 0 Å². The number of nitrogens with zero attached hydrogens (tertiary/aromatic N) is 2. The van der Waals surface area contributed by atoms with Gasteiger partial charge in [0.2, 0.25) is 5.91 Å². The first kappa shape index (κ1) is 22.2. The van der Waals surface area contributed by atoms with E-state index in [-0.39, 0.29) is 48.9 Å². The summed E-state index contributed by atoms with van der Waals surface area (Å²) in [6.07, 6.45) is -4.49. The summed E-state index contributed by atoms with van der Waals surface area (Å²) in [7, 11) is 0. The molecular weight excluding hydrogens is 371 g/mol. The molecule has 5 nitrogen and oxygen atoms in total. The second-order valence-electron chi connectivity index (χ2n) is 6.34. The van der Waals surface area contributed by atoms with Crippen LogP contribution in [0.2, 0.25) is 0 Å². The molecule has 1 fully saturated rings. The number of alkyl halides is 3. The van der Waals surface area contributed by atoms with Gasteiger partial charge in [0.25, 0.3) is 5.91 Å². The van der Waals surface area contributed by atoms with Crippen LogP contribution in [0.4, 0.5) is 13.2 Å². The average molecular weight is 394 g/mol. The summed E-state index contributed by atoms with van der Waals surface area (Å²) >= 11 is 0. The Bertz CT molecular complexity index is 644. The van der Waals surface area contributed by atoms with Crippen LogP contribution < -0.4 is 5.73 Å². The van der Waals surface area contributed by atoms with Crippen molar-refractivity contribution in [2.45, 2.75) is 26.1 Å². The number of hydrogen-bond donors (Lipinski definition) is 1. The minimum absolute atomic E-state index is 0. The summed E-state index contributed by atoms with van der Waals surface area (Å²) in [4.78, 5) is 27.8. The lowest BCUT2D eigenvalue weighted by molar-refractivity contribution is -0.138. The predicted octanol–water partition coefficient (Wildman–Crippen LogP) is 2.39. The normalized spacial score (nSPS) is 17.3. The molecule has 2 N–H and O–H groups in total. The van der Waals surface area contributed by atoms with Crippen LogP contribution in [0.1, 0.15) is 29.8 Å². The van der Waals surface area contributed by atoms with Crippen molar-refractivity contribution in [1.82, 2.24) is 9.80 Å². The van der Waals surface area contributed by atoms with Crippen molar-refractivity contribution in [2.24, 2.45) is 11.7 Å². The number of rotatable bonds is 3. The molecule has 0 radical (unpaired) electrons. The van der Waals surface area contributed by atoms with Gasteiger partial charge in [0.05, 0.1) is 11.5 Å². The highest BCUT2D eigenvalue weighted by molar-refractivity contribution is 5.94. The molecule has 2 atom stereocenters. The zero-order valence-electron chi connectivity index (χ0n) is 14.6. The molecule has 1 saturated heterocycles. The summed E-state index contributed by atoms with van der Waals surface area (Å²) < 4.78 is 38.3. The second kappa shape index (κ2) is 8.73. The van der Waals surface area contributed by atoms with Crippen molar-refractivity contribution < 1.29 is 22.8 Å². The van der Waals surface area contributed by atoms with Gasteiger partial charge in [0, 0.05) is 37.8 Å². The lowest BCUT2D eigenvalue weighted by atomic mass is 10.0. The van der Waals surface area contributed by atoms with Crippen LogP contribution in [0, 0.1) is 5.92 Å². The van der Waals surface area contributed by atoms with E-state index in [4.69, 9.17) is 5.73 Å². The smallest absolute Gasteiger partial charge is 0.339 e. The van der Waals surface area contributed by atoms with E-state index in [2.05, 4.69) is 0 Å². The largest absolute Gasteiger partial charge is 0.416 e. The summed E-state index contributed by atoms with van der Waals surface area (Å²) in [5.74, 6) is -0.842. The Morgan fingerprint density at radius 3 is 2.12 bits per heavy atom. The minimum atomic E-state index is -4.49. The maximum Gasteiger partial charge on any atom is 0.416 e. The van der Waals surface area contributed by atoms with Crippen molar-refractivity contribution in [3.8, 4) is 0 Å². The van der Waals surface area contributed by atoms with Gasteiger partial charge in [-0.15, -0.1) is 12.4 Å². The first-order valence-electron chi connectivity index (χ1n) is 8.12. The van der Waals surface area contributed by atoms with Gasteiger partial charge in [0.15, 0.2) is 0 Å². The Morgan fingerprint density at radius 2 is 1.62 bits per heavy atom. The molecule has 0 aromatic heterocycles. The fourth-order valence-corrected chi connectivity index (χ4v) is 2.65. The summed E-state index contributed by atoms with van der Waals surface area (Å²) in [6, 6.07) is 4.12. The number of carbonyl (C=O) groups is 2. The van der Waals surface area contributed by atoms with E-state index in [9.17, 15) is 22.8 Å². The first-order chi connectivity index (χ1) is 11.6. The monoisotopic (exact) mass is 393 g/mol. The van der Waals surface area contributed by atoms with E-state index >= 15 is 0 Å². The number of amides is 2. The molecule has 1 aliphatic heterocycles. The molecule has 146 valence electrons. The third-order valence-electron chi connectivity index (χ3n) is 4.49. The molecule has 2 amide bonds. The van der Waals surface area contributed by atoms with E-state index < -0.39 is 17.6 Å². The lowest BCUT2D eigenvalue weighted by Crippen LogP contribution is -2.53. The maximum absolute atomic E-state index is 12.8. The van der Waals surface area contributed by atoms with Crippen LogP contribution in [-0.2, 0) is 11.0 Å². The zero-order valence-corrected chi connectivity index (χ0v) is 15.4. The molecule has 1 aromatic carbocycles. The summed E-state index contributed by atoms with van der Waals surface area (Å²) in [5, 5.41) is 0. The predicted molar refractivity (Wildman–Crippen MR) is 94.0 cm³/mol. The Morgan fingerprint density at radius 1 is 1.08 bits per heavy atom. The molecular formula is C17H23ClF3N3O2. The molecule has 0 spiro atoms. The third kappa shape index (κ3) is 5.11. The Hall–Kier alpha value is -1.80. The van der Waals surface area contributed by atoms with Gasteiger partial charge in [-0.3, -0.25) is 9.59 Å². The second-order valence-corrected chi connectivity index (χ2v) is 6.34. The first-order valence-corrected chi connectivity index (χ1v) is 8.12. The summed E-state index contributed by atoms with van der Waals surface area (Å²) in [5.41, 5.74) is 4.89. The van der Waals surface area contributed by atoms with Gasteiger partial charge in [-0.05, 0) is 25.1 Å². The van der Waals surface area contributed by atoms with Crippen molar-refractivity contribution in [3.05, 3.63) is 35.4 Å². The highest BCUT2D eigenvalue weighted by atomic mass is 35.5. The van der Waals surface area contributed by atoms with Crippen LogP contribution in [0.15, 0.2) is 24.3 Å². The zero-order chi connectivity index (χ0) is 18.8. The quantitative estimate of drug-likeness (QED) is 0.857. The number of halogens is 4. The van der Waals surface area contributed by atoms with Crippen LogP contribution >= 0.6 is 12.4 Å². The van der Waals surface area contributed by atoms with Gasteiger partial charge < -0.3 is 15.5 Å². The van der Waals surface area contributed by atoms with Gasteiger partial charge in [0.1, 0.15) is 0 Å². The topological polar surface area (TPSA) is 66.6 Å². The fourth-order valence-electron chi connectivity index (χ4n) is 2.65. The molecule has 2 unspecified atom stereocenters. The van der Waals surface area contributed by atoms with Gasteiger partial charge in [-0.1, -0.05) is 13.0 Å². The van der Waals surface area contributed by atoms with Crippen LogP contribution in [0.25, 0.3) is 0 Å². The van der Waals surface area contributed by atoms with E-state index in [0.717, 1.165) is 12.1 Å². The van der Waals surface area contributed by atoms with E-state index in [0.29, 0.717) is 13.1 Å². The van der Waals surface area contributed by atoms with Crippen molar-refractivity contribution in [3.63, 3.8) is 0 Å². The number of hydrogen-bond acceptors (Lipinski definition) is 3. The highest BCUT2D eigenvalue weighted by Crippen LogP contribution is 2.29. The van der Waals surface area contributed by atoms with Gasteiger partial charge in [-0.25, -0.2) is 0 Å². The molecule has 0 saturated carbocycles. The van der Waals surface area contributed by atoms with Crippen LogP contribution in [-0.4, -0.2) is 53.8 Å². The van der Waals surface area contributed by atoms with Gasteiger partial charge in [-0.2, -0.15) is 13.2 Å². The summed E-state index contributed by atoms with van der Waals surface area (Å²) in [6.45, 7) is 4.78. The number of piperazine rings is 1. The highest BCUT2D eigenvalue weighted by Gasteiger charge is 2.32. The molecule has 1 heterocycles. The minimum Gasteiger partial charge on any atom is -0.339 e. The van der Waals surface area contributed by atoms with Crippen LogP contribution in [0.5, 0.6) is 0 Å². The molecule has 1 aromatic rings. The Kier molecular flexibility index (Phi) is 7.46. The average Bonchev–Trinajstić information content (AvgIpc) is 2.59. The van der Waals surface area contributed by atoms with Crippen LogP contribution in [0.3, 0.4) is 0 Å². The molecule has 1 aliphatic rings. The molecule has 2 rings (SSSR count). The molecule has 9 heteroatoms. The molecule has 0 bridgehead atoms. The maximum atomic E-state index is 12.8. The van der Waals surface area contributed by atoms with Crippen molar-refractivity contribution in [1.29, 1.82) is 0 Å². The number of benzene rings is 1. The number of nitrogens with two attached hydrogens (primary N) is 1. The van der Waals surface area contributed by atoms with Crippen molar-refractivity contribution >= 4 is 24.2 Å². The lowest BCUT2D eigenvalue weighted by Gasteiger charge is -2.36. The van der Waals surface area contributed by atoms with E-state index in [1.54, 1.807) is 18.7 Å². The Labute approximate surface area is 156 Å². The standard InChI is InChI=1S/C17H22F3N3O2.ClH/c1-11(12(2)21)15(24)22-6-8-23(9-7-22)16(25)13-4-3-5-14(10-13)17(18,19)20;/h3-5,10-12H,6-9,21H2,1-2H3;1H. The Balaban J connectivity index is 0.00000338. The fraction of sp³-hybridized carbons (Fsp3) is 0.529.